The van der Waals surface area contributed by atoms with Gasteiger partial charge in [-0.25, -0.2) is 0 Å². The van der Waals surface area contributed by atoms with Gasteiger partial charge >= 0.3 is 0 Å². The molecule has 0 aromatic heterocycles. The Hall–Kier alpha value is -0.300. The van der Waals surface area contributed by atoms with Crippen LogP contribution in [0.3, 0.4) is 0 Å². The molecule has 2 fully saturated rings. The number of hydrogen-bond acceptors (Lipinski definition) is 0. The SMILES string of the molecule is Brc1cc2c(c3c1C1CCC3C1)C1CCC2C1. The van der Waals surface area contributed by atoms with Crippen LogP contribution in [-0.4, -0.2) is 0 Å². The highest BCUT2D eigenvalue weighted by molar-refractivity contribution is 9.10. The van der Waals surface area contributed by atoms with E-state index in [1.54, 1.807) is 11.1 Å². The molecule has 5 rings (SSSR count). The topological polar surface area (TPSA) is 0 Å². The molecule has 4 unspecified atom stereocenters. The minimum Gasteiger partial charge on any atom is -0.0505 e. The van der Waals surface area contributed by atoms with Gasteiger partial charge in [-0.3, -0.25) is 0 Å². The zero-order valence-electron chi connectivity index (χ0n) is 10.0. The summed E-state index contributed by atoms with van der Waals surface area (Å²) in [6.45, 7) is 0. The lowest BCUT2D eigenvalue weighted by atomic mass is 9.80. The third kappa shape index (κ3) is 1.02. The lowest BCUT2D eigenvalue weighted by Crippen LogP contribution is -2.08. The molecule has 1 aromatic rings. The monoisotopic (exact) mass is 288 g/mol. The van der Waals surface area contributed by atoms with E-state index in [4.69, 9.17) is 0 Å². The molecule has 0 aliphatic heterocycles. The summed E-state index contributed by atoms with van der Waals surface area (Å²) in [6.07, 6.45) is 8.78. The van der Waals surface area contributed by atoms with E-state index in [0.29, 0.717) is 0 Å². The van der Waals surface area contributed by atoms with Crippen LogP contribution in [0.5, 0.6) is 0 Å². The van der Waals surface area contributed by atoms with Gasteiger partial charge in [-0.15, -0.1) is 0 Å². The van der Waals surface area contributed by atoms with E-state index in [-0.39, 0.29) is 0 Å². The van der Waals surface area contributed by atoms with E-state index < -0.39 is 0 Å². The molecule has 4 aliphatic rings. The minimum absolute atomic E-state index is 0.897. The van der Waals surface area contributed by atoms with Gasteiger partial charge in [-0.2, -0.15) is 0 Å². The zero-order chi connectivity index (χ0) is 11.1. The maximum atomic E-state index is 3.87. The maximum absolute atomic E-state index is 3.87. The molecule has 2 saturated carbocycles. The summed E-state index contributed by atoms with van der Waals surface area (Å²) in [7, 11) is 0. The molecule has 17 heavy (non-hydrogen) atoms. The summed E-state index contributed by atoms with van der Waals surface area (Å²) in [5.41, 5.74) is 7.14. The van der Waals surface area contributed by atoms with Crippen LogP contribution < -0.4 is 0 Å². The molecular formula is C16H17Br. The number of rotatable bonds is 0. The van der Waals surface area contributed by atoms with E-state index in [2.05, 4.69) is 22.0 Å². The lowest BCUT2D eigenvalue weighted by Gasteiger charge is -2.26. The molecule has 0 heterocycles. The predicted octanol–water partition coefficient (Wildman–Crippen LogP) is 5.18. The van der Waals surface area contributed by atoms with Gasteiger partial charge < -0.3 is 0 Å². The van der Waals surface area contributed by atoms with E-state index in [1.165, 1.54) is 43.0 Å². The molecule has 0 amide bonds. The van der Waals surface area contributed by atoms with Crippen LogP contribution in [0.2, 0.25) is 0 Å². The molecule has 4 bridgehead atoms. The number of hydrogen-bond donors (Lipinski definition) is 0. The Bertz CT molecular complexity index is 531. The standard InChI is InChI=1S/C16H17Br/c17-13-7-12-8-1-2-9(5-8)14(12)16-11-4-3-10(6-11)15(13)16/h7-11H,1-6H2. The Labute approximate surface area is 111 Å². The van der Waals surface area contributed by atoms with Crippen molar-refractivity contribution in [1.29, 1.82) is 0 Å². The summed E-state index contributed by atoms with van der Waals surface area (Å²) < 4.78 is 1.45. The van der Waals surface area contributed by atoms with Crippen molar-refractivity contribution in [2.75, 3.05) is 0 Å². The molecule has 0 spiro atoms. The summed E-state index contributed by atoms with van der Waals surface area (Å²) in [5, 5.41) is 0. The first-order valence-electron chi connectivity index (χ1n) is 7.19. The van der Waals surface area contributed by atoms with Crippen LogP contribution in [0.15, 0.2) is 10.5 Å². The van der Waals surface area contributed by atoms with Gasteiger partial charge in [-0.05, 0) is 90.5 Å². The van der Waals surface area contributed by atoms with Crippen LogP contribution in [0.1, 0.15) is 84.5 Å². The molecule has 4 atom stereocenters. The van der Waals surface area contributed by atoms with Gasteiger partial charge in [0.15, 0.2) is 0 Å². The van der Waals surface area contributed by atoms with Crippen LogP contribution in [0, 0.1) is 0 Å². The van der Waals surface area contributed by atoms with Gasteiger partial charge in [0.05, 0.1) is 0 Å². The van der Waals surface area contributed by atoms with Crippen molar-refractivity contribution in [2.24, 2.45) is 0 Å². The Balaban J connectivity index is 1.85. The molecule has 0 radical (unpaired) electrons. The predicted molar refractivity (Wildman–Crippen MR) is 72.8 cm³/mol. The largest absolute Gasteiger partial charge is 0.0505 e. The van der Waals surface area contributed by atoms with E-state index >= 15 is 0 Å². The summed E-state index contributed by atoms with van der Waals surface area (Å²) in [4.78, 5) is 0. The molecule has 0 saturated heterocycles. The fourth-order valence-corrected chi connectivity index (χ4v) is 6.19. The van der Waals surface area contributed by atoms with Crippen molar-refractivity contribution >= 4 is 15.9 Å². The highest BCUT2D eigenvalue weighted by Gasteiger charge is 2.46. The smallest absolute Gasteiger partial charge is 0.0216 e. The Morgan fingerprint density at radius 1 is 0.765 bits per heavy atom. The molecule has 0 nitrogen and oxygen atoms in total. The van der Waals surface area contributed by atoms with Crippen molar-refractivity contribution in [2.45, 2.75) is 62.2 Å². The molecule has 1 heteroatoms. The van der Waals surface area contributed by atoms with Gasteiger partial charge in [0.1, 0.15) is 0 Å². The number of halogens is 1. The summed E-state index contributed by atoms with van der Waals surface area (Å²) >= 11 is 3.87. The third-order valence-corrected chi connectivity index (χ3v) is 6.62. The first kappa shape index (κ1) is 9.61. The van der Waals surface area contributed by atoms with Gasteiger partial charge in [0.25, 0.3) is 0 Å². The number of benzene rings is 1. The quantitative estimate of drug-likeness (QED) is 0.617. The van der Waals surface area contributed by atoms with E-state index in [1.807, 2.05) is 11.1 Å². The summed E-state index contributed by atoms with van der Waals surface area (Å²) in [6, 6.07) is 2.50. The Morgan fingerprint density at radius 3 is 2.18 bits per heavy atom. The Kier molecular flexibility index (Phi) is 1.69. The average Bonchev–Trinajstić information content (AvgIpc) is 3.08. The second-order valence-corrected chi connectivity index (χ2v) is 7.46. The number of fused-ring (bicyclic) bond motifs is 11. The normalized spacial score (nSPS) is 39.8. The van der Waals surface area contributed by atoms with Gasteiger partial charge in [0.2, 0.25) is 0 Å². The van der Waals surface area contributed by atoms with Crippen molar-refractivity contribution in [1.82, 2.24) is 0 Å². The Morgan fingerprint density at radius 2 is 1.35 bits per heavy atom. The molecule has 1 aromatic carbocycles. The van der Waals surface area contributed by atoms with E-state index in [9.17, 15) is 0 Å². The highest BCUT2D eigenvalue weighted by atomic mass is 79.9. The van der Waals surface area contributed by atoms with Crippen LogP contribution >= 0.6 is 15.9 Å². The second-order valence-electron chi connectivity index (χ2n) is 6.60. The van der Waals surface area contributed by atoms with Crippen molar-refractivity contribution in [3.8, 4) is 0 Å². The third-order valence-electron chi connectivity index (χ3n) is 5.96. The lowest BCUT2D eigenvalue weighted by molar-refractivity contribution is 0.665. The van der Waals surface area contributed by atoms with Crippen LogP contribution in [-0.2, 0) is 0 Å². The fraction of sp³-hybridized carbons (Fsp3) is 0.625. The molecular weight excluding hydrogens is 272 g/mol. The van der Waals surface area contributed by atoms with Crippen LogP contribution in [0.4, 0.5) is 0 Å². The van der Waals surface area contributed by atoms with Crippen molar-refractivity contribution in [3.63, 3.8) is 0 Å². The van der Waals surface area contributed by atoms with Crippen LogP contribution in [0.25, 0.3) is 0 Å². The van der Waals surface area contributed by atoms with Crippen molar-refractivity contribution < 1.29 is 0 Å². The van der Waals surface area contributed by atoms with Gasteiger partial charge in [-0.1, -0.05) is 15.9 Å². The molecule has 0 N–H and O–H groups in total. The fourth-order valence-electron chi connectivity index (χ4n) is 5.40. The maximum Gasteiger partial charge on any atom is 0.0216 e. The van der Waals surface area contributed by atoms with Gasteiger partial charge in [0, 0.05) is 4.47 Å². The van der Waals surface area contributed by atoms with Crippen molar-refractivity contribution in [3.05, 3.63) is 32.8 Å². The first-order valence-corrected chi connectivity index (χ1v) is 7.98. The summed E-state index contributed by atoms with van der Waals surface area (Å²) in [5.74, 6) is 3.68. The zero-order valence-corrected chi connectivity index (χ0v) is 11.6. The van der Waals surface area contributed by atoms with E-state index in [0.717, 1.165) is 23.7 Å². The highest BCUT2D eigenvalue weighted by Crippen LogP contribution is 2.63. The average molecular weight is 289 g/mol. The second kappa shape index (κ2) is 2.99. The minimum atomic E-state index is 0.897. The molecule has 88 valence electrons. The molecule has 4 aliphatic carbocycles. The first-order chi connectivity index (χ1) is 8.33.